The molecule has 3 heterocycles. The van der Waals surface area contributed by atoms with Crippen LogP contribution >= 0.6 is 0 Å². The molecule has 4 aliphatic rings. The Bertz CT molecular complexity index is 952. The second-order valence-corrected chi connectivity index (χ2v) is 8.81. The van der Waals surface area contributed by atoms with Crippen molar-refractivity contribution in [3.63, 3.8) is 0 Å². The van der Waals surface area contributed by atoms with Gasteiger partial charge in [0, 0.05) is 30.7 Å². The number of nitrogens with zero attached hydrogens (tertiary/aromatic N) is 1. The monoisotopic (exact) mass is 387 g/mol. The molecule has 3 aliphatic heterocycles. The SMILES string of the molecule is CO[C@]1(C#CC(O)(c2ccccc2)c2ccc3c(c2)CCC3)CN2CCC1CC2. The van der Waals surface area contributed by atoms with Gasteiger partial charge in [-0.25, -0.2) is 0 Å². The van der Waals surface area contributed by atoms with Crippen molar-refractivity contribution in [1.82, 2.24) is 4.90 Å². The van der Waals surface area contributed by atoms with Gasteiger partial charge in [0.2, 0.25) is 0 Å². The highest BCUT2D eigenvalue weighted by Gasteiger charge is 2.46. The molecule has 1 aliphatic carbocycles. The van der Waals surface area contributed by atoms with Crippen molar-refractivity contribution in [3.05, 3.63) is 70.8 Å². The van der Waals surface area contributed by atoms with Crippen LogP contribution in [0.4, 0.5) is 0 Å². The Morgan fingerprint density at radius 1 is 1.03 bits per heavy atom. The van der Waals surface area contributed by atoms with Gasteiger partial charge in [0.25, 0.3) is 0 Å². The largest absolute Gasteiger partial charge is 0.369 e. The van der Waals surface area contributed by atoms with Crippen LogP contribution in [-0.4, -0.2) is 42.4 Å². The highest BCUT2D eigenvalue weighted by Crippen LogP contribution is 2.39. The lowest BCUT2D eigenvalue weighted by atomic mass is 9.74. The summed E-state index contributed by atoms with van der Waals surface area (Å²) in [6.07, 6.45) is 5.64. The smallest absolute Gasteiger partial charge is 0.176 e. The number of hydrogen-bond donors (Lipinski definition) is 1. The van der Waals surface area contributed by atoms with E-state index >= 15 is 0 Å². The molecule has 3 heteroatoms. The first kappa shape index (κ1) is 18.9. The Morgan fingerprint density at radius 2 is 1.79 bits per heavy atom. The van der Waals surface area contributed by atoms with E-state index in [0.29, 0.717) is 5.92 Å². The Labute approximate surface area is 173 Å². The van der Waals surface area contributed by atoms with E-state index in [4.69, 9.17) is 4.74 Å². The molecule has 29 heavy (non-hydrogen) atoms. The molecule has 1 unspecified atom stereocenters. The second-order valence-electron chi connectivity index (χ2n) is 8.81. The van der Waals surface area contributed by atoms with Crippen molar-refractivity contribution < 1.29 is 9.84 Å². The first-order valence-electron chi connectivity index (χ1n) is 10.8. The van der Waals surface area contributed by atoms with Crippen LogP contribution in [0.15, 0.2) is 48.5 Å². The Balaban J connectivity index is 1.60. The van der Waals surface area contributed by atoms with Crippen LogP contribution in [0.2, 0.25) is 0 Å². The number of aliphatic hydroxyl groups is 1. The molecule has 150 valence electrons. The van der Waals surface area contributed by atoms with E-state index in [1.165, 1.54) is 17.5 Å². The summed E-state index contributed by atoms with van der Waals surface area (Å²) in [7, 11) is 1.77. The number of ether oxygens (including phenoxy) is 1. The van der Waals surface area contributed by atoms with Gasteiger partial charge < -0.3 is 9.84 Å². The van der Waals surface area contributed by atoms with Gasteiger partial charge in [-0.3, -0.25) is 4.90 Å². The summed E-state index contributed by atoms with van der Waals surface area (Å²) in [6, 6.07) is 16.3. The zero-order valence-corrected chi connectivity index (χ0v) is 17.2. The summed E-state index contributed by atoms with van der Waals surface area (Å²) in [5.74, 6) is 7.21. The summed E-state index contributed by atoms with van der Waals surface area (Å²) in [5, 5.41) is 12.0. The molecule has 3 nitrogen and oxygen atoms in total. The van der Waals surface area contributed by atoms with Crippen molar-refractivity contribution in [3.8, 4) is 11.8 Å². The summed E-state index contributed by atoms with van der Waals surface area (Å²) in [5.41, 5.74) is 2.61. The molecule has 2 aromatic rings. The van der Waals surface area contributed by atoms with Crippen LogP contribution in [0.25, 0.3) is 0 Å². The maximum absolute atomic E-state index is 12.0. The van der Waals surface area contributed by atoms with Gasteiger partial charge in [-0.1, -0.05) is 60.4 Å². The average molecular weight is 388 g/mol. The maximum atomic E-state index is 12.0. The summed E-state index contributed by atoms with van der Waals surface area (Å²) >= 11 is 0. The number of hydrogen-bond acceptors (Lipinski definition) is 3. The van der Waals surface area contributed by atoms with Gasteiger partial charge in [0.05, 0.1) is 0 Å². The highest BCUT2D eigenvalue weighted by molar-refractivity contribution is 5.48. The van der Waals surface area contributed by atoms with E-state index < -0.39 is 11.2 Å². The van der Waals surface area contributed by atoms with E-state index in [9.17, 15) is 5.11 Å². The van der Waals surface area contributed by atoms with Gasteiger partial charge in [0.15, 0.2) is 5.60 Å². The van der Waals surface area contributed by atoms with E-state index in [2.05, 4.69) is 34.9 Å². The molecule has 0 aromatic heterocycles. The van der Waals surface area contributed by atoms with Crippen LogP contribution in [0.1, 0.15) is 41.5 Å². The molecule has 2 bridgehead atoms. The van der Waals surface area contributed by atoms with Crippen LogP contribution in [0.3, 0.4) is 0 Å². The fraction of sp³-hybridized carbons (Fsp3) is 0.462. The normalized spacial score (nSPS) is 29.6. The Morgan fingerprint density at radius 3 is 2.48 bits per heavy atom. The van der Waals surface area contributed by atoms with Crippen LogP contribution in [0, 0.1) is 17.8 Å². The highest BCUT2D eigenvalue weighted by atomic mass is 16.5. The molecule has 0 radical (unpaired) electrons. The van der Waals surface area contributed by atoms with Crippen molar-refractivity contribution in [2.45, 2.75) is 43.3 Å². The molecule has 1 N–H and O–H groups in total. The fourth-order valence-electron chi connectivity index (χ4n) is 5.43. The molecular formula is C26H29NO2. The van der Waals surface area contributed by atoms with Crippen LogP contribution < -0.4 is 0 Å². The number of piperidine rings is 3. The summed E-state index contributed by atoms with van der Waals surface area (Å²) in [6.45, 7) is 3.09. The number of methoxy groups -OCH3 is 1. The number of benzene rings is 2. The molecular weight excluding hydrogens is 358 g/mol. The fourth-order valence-corrected chi connectivity index (χ4v) is 5.43. The zero-order valence-electron chi connectivity index (χ0n) is 17.2. The maximum Gasteiger partial charge on any atom is 0.176 e. The molecule has 2 aromatic carbocycles. The average Bonchev–Trinajstić information content (AvgIpc) is 3.27. The lowest BCUT2D eigenvalue weighted by Crippen LogP contribution is -2.59. The lowest BCUT2D eigenvalue weighted by molar-refractivity contribution is -0.0964. The predicted molar refractivity (Wildman–Crippen MR) is 115 cm³/mol. The zero-order chi connectivity index (χ0) is 19.9. The van der Waals surface area contributed by atoms with E-state index in [0.717, 1.165) is 56.4 Å². The van der Waals surface area contributed by atoms with E-state index in [1.54, 1.807) is 7.11 Å². The molecule has 2 atom stereocenters. The predicted octanol–water partition coefficient (Wildman–Crippen LogP) is 3.53. The third-order valence-corrected chi connectivity index (χ3v) is 7.23. The van der Waals surface area contributed by atoms with Gasteiger partial charge in [-0.2, -0.15) is 0 Å². The van der Waals surface area contributed by atoms with E-state index in [-0.39, 0.29) is 0 Å². The third-order valence-electron chi connectivity index (χ3n) is 7.23. The summed E-state index contributed by atoms with van der Waals surface area (Å²) < 4.78 is 6.03. The molecule has 0 spiro atoms. The second kappa shape index (κ2) is 7.29. The minimum Gasteiger partial charge on any atom is -0.369 e. The minimum atomic E-state index is -1.34. The molecule has 0 saturated carbocycles. The van der Waals surface area contributed by atoms with Crippen molar-refractivity contribution >= 4 is 0 Å². The standard InChI is InChI=1S/C26H29NO2/c1-29-25(19-27-16-12-22(25)13-17-27)14-15-26(28,23-8-3-2-4-9-23)24-11-10-20-6-5-7-21(20)18-24/h2-4,8-11,18,22,28H,5-7,12-13,16-17,19H2,1H3/t25-,26?/m1/s1. The van der Waals surface area contributed by atoms with Gasteiger partial charge in [-0.15, -0.1) is 0 Å². The molecule has 0 amide bonds. The van der Waals surface area contributed by atoms with Crippen molar-refractivity contribution in [2.24, 2.45) is 5.92 Å². The Hall–Kier alpha value is -2.12. The first-order valence-corrected chi connectivity index (χ1v) is 10.8. The van der Waals surface area contributed by atoms with Crippen LogP contribution in [0.5, 0.6) is 0 Å². The quantitative estimate of drug-likeness (QED) is 0.818. The Kier molecular flexibility index (Phi) is 4.75. The van der Waals surface area contributed by atoms with Crippen molar-refractivity contribution in [2.75, 3.05) is 26.7 Å². The van der Waals surface area contributed by atoms with E-state index in [1.807, 2.05) is 30.3 Å². The molecule has 3 saturated heterocycles. The molecule has 3 fully saturated rings. The van der Waals surface area contributed by atoms with Gasteiger partial charge >= 0.3 is 0 Å². The number of rotatable bonds is 3. The van der Waals surface area contributed by atoms with Gasteiger partial charge in [0.1, 0.15) is 5.60 Å². The van der Waals surface area contributed by atoms with Gasteiger partial charge in [-0.05, 0) is 56.3 Å². The minimum absolute atomic E-state index is 0.435. The third kappa shape index (κ3) is 3.20. The first-order chi connectivity index (χ1) is 14.1. The van der Waals surface area contributed by atoms with Crippen molar-refractivity contribution in [1.29, 1.82) is 0 Å². The molecule has 6 rings (SSSR count). The lowest BCUT2D eigenvalue weighted by Gasteiger charge is -2.49. The summed E-state index contributed by atoms with van der Waals surface area (Å²) in [4.78, 5) is 2.44. The topological polar surface area (TPSA) is 32.7 Å². The number of aryl methyl sites for hydroxylation is 2. The van der Waals surface area contributed by atoms with Crippen LogP contribution in [-0.2, 0) is 23.2 Å². The number of fused-ring (bicyclic) bond motifs is 4.